The second-order valence-corrected chi connectivity index (χ2v) is 3.63. The van der Waals surface area contributed by atoms with Gasteiger partial charge < -0.3 is 0 Å². The quantitative estimate of drug-likeness (QED) is 0.434. The lowest BCUT2D eigenvalue weighted by molar-refractivity contribution is -0.385. The number of benzene rings is 1. The van der Waals surface area contributed by atoms with Crippen LogP contribution < -0.4 is 0 Å². The highest BCUT2D eigenvalue weighted by Crippen LogP contribution is 2.12. The van der Waals surface area contributed by atoms with Gasteiger partial charge in [-0.2, -0.15) is 0 Å². The minimum absolute atomic E-state index is 0.122. The Balaban J connectivity index is 2.39. The maximum absolute atomic E-state index is 10.7. The molecule has 0 saturated carbocycles. The molecule has 0 amide bonds. The lowest BCUT2D eigenvalue weighted by Gasteiger charge is -1.93. The van der Waals surface area contributed by atoms with Gasteiger partial charge >= 0.3 is 5.69 Å². The number of aryl methyl sites for hydroxylation is 1. The molecule has 5 nitrogen and oxygen atoms in total. The summed E-state index contributed by atoms with van der Waals surface area (Å²) in [6.45, 7) is 1.96. The van der Waals surface area contributed by atoms with Crippen LogP contribution in [0.2, 0.25) is 0 Å². The van der Waals surface area contributed by atoms with Gasteiger partial charge in [0.15, 0.2) is 5.69 Å². The van der Waals surface area contributed by atoms with Crippen LogP contribution in [0.1, 0.15) is 16.8 Å². The summed E-state index contributed by atoms with van der Waals surface area (Å²) in [6.07, 6.45) is 2.39. The lowest BCUT2D eigenvalue weighted by atomic mass is 10.1. The van der Waals surface area contributed by atoms with Crippen molar-refractivity contribution >= 4 is 5.69 Å². The van der Waals surface area contributed by atoms with E-state index in [1.165, 1.54) is 6.33 Å². The molecule has 0 radical (unpaired) electrons. The summed E-state index contributed by atoms with van der Waals surface area (Å²) in [6, 6.07) is 7.58. The fourth-order valence-corrected chi connectivity index (χ4v) is 1.41. The van der Waals surface area contributed by atoms with E-state index in [4.69, 9.17) is 0 Å². The van der Waals surface area contributed by atoms with Crippen molar-refractivity contribution in [1.82, 2.24) is 9.97 Å². The summed E-state index contributed by atoms with van der Waals surface area (Å²) in [7, 11) is 0. The fourth-order valence-electron chi connectivity index (χ4n) is 1.41. The van der Waals surface area contributed by atoms with Crippen molar-refractivity contribution in [1.29, 1.82) is 0 Å². The molecule has 0 atom stereocenters. The van der Waals surface area contributed by atoms with E-state index in [1.807, 2.05) is 31.2 Å². The molecule has 0 unspecified atom stereocenters. The summed E-state index contributed by atoms with van der Waals surface area (Å²) >= 11 is 0. The van der Waals surface area contributed by atoms with Gasteiger partial charge in [-0.1, -0.05) is 18.1 Å². The van der Waals surface area contributed by atoms with Crippen LogP contribution in [-0.2, 0) is 0 Å². The summed E-state index contributed by atoms with van der Waals surface area (Å²) in [5.41, 5.74) is 1.82. The lowest BCUT2D eigenvalue weighted by Crippen LogP contribution is -1.95. The Labute approximate surface area is 104 Å². The van der Waals surface area contributed by atoms with Crippen molar-refractivity contribution in [3.05, 3.63) is 63.7 Å². The van der Waals surface area contributed by atoms with Crippen LogP contribution >= 0.6 is 0 Å². The SMILES string of the molecule is Cc1cccc(C#Cc2ncncc2[N+](=O)[O-])c1. The predicted molar refractivity (Wildman–Crippen MR) is 65.8 cm³/mol. The Kier molecular flexibility index (Phi) is 3.30. The standard InChI is InChI=1S/C13H9N3O2/c1-10-3-2-4-11(7-10)5-6-12-13(16(17)18)8-14-9-15-12/h2-4,7-9H,1H3. The van der Waals surface area contributed by atoms with E-state index >= 15 is 0 Å². The van der Waals surface area contributed by atoms with Gasteiger partial charge in [0.05, 0.1) is 4.92 Å². The molecular weight excluding hydrogens is 230 g/mol. The van der Waals surface area contributed by atoms with E-state index in [1.54, 1.807) is 0 Å². The number of aromatic nitrogens is 2. The summed E-state index contributed by atoms with van der Waals surface area (Å²) in [5.74, 6) is 5.55. The van der Waals surface area contributed by atoms with Crippen LogP contribution in [-0.4, -0.2) is 14.9 Å². The van der Waals surface area contributed by atoms with Gasteiger partial charge in [-0.05, 0) is 30.5 Å². The van der Waals surface area contributed by atoms with E-state index < -0.39 is 4.92 Å². The molecular formula is C13H9N3O2. The monoisotopic (exact) mass is 239 g/mol. The third-order valence-electron chi connectivity index (χ3n) is 2.23. The molecule has 0 spiro atoms. The number of hydrogen-bond donors (Lipinski definition) is 0. The Morgan fingerprint density at radius 2 is 2.17 bits per heavy atom. The Hall–Kier alpha value is -2.74. The van der Waals surface area contributed by atoms with Crippen molar-refractivity contribution in [3.63, 3.8) is 0 Å². The molecule has 0 fully saturated rings. The van der Waals surface area contributed by atoms with Crippen LogP contribution in [0.5, 0.6) is 0 Å². The minimum atomic E-state index is -0.541. The molecule has 18 heavy (non-hydrogen) atoms. The first-order chi connectivity index (χ1) is 8.66. The first kappa shape index (κ1) is 11.7. The fraction of sp³-hybridized carbons (Fsp3) is 0.0769. The van der Waals surface area contributed by atoms with Gasteiger partial charge in [0.25, 0.3) is 0 Å². The molecule has 1 aromatic heterocycles. The van der Waals surface area contributed by atoms with Crippen LogP contribution in [0.4, 0.5) is 5.69 Å². The summed E-state index contributed by atoms with van der Waals surface area (Å²) < 4.78 is 0. The highest BCUT2D eigenvalue weighted by Gasteiger charge is 2.12. The maximum atomic E-state index is 10.7. The molecule has 0 bridgehead atoms. The second kappa shape index (κ2) is 5.06. The third kappa shape index (κ3) is 2.68. The molecule has 0 aliphatic carbocycles. The Bertz CT molecular complexity index is 657. The first-order valence-corrected chi connectivity index (χ1v) is 5.20. The molecule has 0 aliphatic heterocycles. The van der Waals surface area contributed by atoms with Gasteiger partial charge in [0.2, 0.25) is 0 Å². The molecule has 1 heterocycles. The molecule has 0 N–H and O–H groups in total. The van der Waals surface area contributed by atoms with Crippen LogP contribution in [0, 0.1) is 28.9 Å². The molecule has 5 heteroatoms. The normalized spacial score (nSPS) is 9.39. The predicted octanol–water partition coefficient (Wildman–Crippen LogP) is 2.09. The van der Waals surface area contributed by atoms with Crippen LogP contribution in [0.25, 0.3) is 0 Å². The highest BCUT2D eigenvalue weighted by molar-refractivity contribution is 5.48. The van der Waals surface area contributed by atoms with E-state index in [0.717, 1.165) is 17.3 Å². The van der Waals surface area contributed by atoms with Gasteiger partial charge in [0.1, 0.15) is 12.5 Å². The van der Waals surface area contributed by atoms with Crippen molar-refractivity contribution in [2.24, 2.45) is 0 Å². The zero-order valence-corrected chi connectivity index (χ0v) is 9.62. The van der Waals surface area contributed by atoms with Gasteiger partial charge in [-0.25, -0.2) is 9.97 Å². The van der Waals surface area contributed by atoms with Gasteiger partial charge in [-0.15, -0.1) is 0 Å². The maximum Gasteiger partial charge on any atom is 0.321 e. The summed E-state index contributed by atoms with van der Waals surface area (Å²) in [5, 5.41) is 10.7. The van der Waals surface area contributed by atoms with Gasteiger partial charge in [0, 0.05) is 5.56 Å². The number of hydrogen-bond acceptors (Lipinski definition) is 4. The van der Waals surface area contributed by atoms with E-state index in [-0.39, 0.29) is 11.4 Å². The zero-order valence-electron chi connectivity index (χ0n) is 9.62. The van der Waals surface area contributed by atoms with Crippen LogP contribution in [0.15, 0.2) is 36.8 Å². The van der Waals surface area contributed by atoms with Crippen molar-refractivity contribution in [2.45, 2.75) is 6.92 Å². The highest BCUT2D eigenvalue weighted by atomic mass is 16.6. The Morgan fingerprint density at radius 1 is 1.33 bits per heavy atom. The van der Waals surface area contributed by atoms with Crippen molar-refractivity contribution in [2.75, 3.05) is 0 Å². The smallest absolute Gasteiger partial charge is 0.258 e. The molecule has 1 aromatic carbocycles. The molecule has 88 valence electrons. The Morgan fingerprint density at radius 3 is 2.89 bits per heavy atom. The molecule has 2 rings (SSSR count). The topological polar surface area (TPSA) is 68.9 Å². The third-order valence-corrected chi connectivity index (χ3v) is 2.23. The van der Waals surface area contributed by atoms with Gasteiger partial charge in [-0.3, -0.25) is 10.1 Å². The van der Waals surface area contributed by atoms with Crippen LogP contribution in [0.3, 0.4) is 0 Å². The molecule has 0 aliphatic rings. The van der Waals surface area contributed by atoms with E-state index in [2.05, 4.69) is 21.8 Å². The van der Waals surface area contributed by atoms with E-state index in [0.29, 0.717) is 0 Å². The minimum Gasteiger partial charge on any atom is -0.258 e. The van der Waals surface area contributed by atoms with E-state index in [9.17, 15) is 10.1 Å². The van der Waals surface area contributed by atoms with Crippen molar-refractivity contribution < 1.29 is 4.92 Å². The average molecular weight is 239 g/mol. The zero-order chi connectivity index (χ0) is 13.0. The first-order valence-electron chi connectivity index (χ1n) is 5.20. The summed E-state index contributed by atoms with van der Waals surface area (Å²) in [4.78, 5) is 17.6. The molecule has 0 saturated heterocycles. The number of nitrogens with zero attached hydrogens (tertiary/aromatic N) is 3. The number of rotatable bonds is 1. The van der Waals surface area contributed by atoms with Crippen molar-refractivity contribution in [3.8, 4) is 11.8 Å². The second-order valence-electron chi connectivity index (χ2n) is 3.63. The largest absolute Gasteiger partial charge is 0.321 e. The number of nitro groups is 1. The average Bonchev–Trinajstić information content (AvgIpc) is 2.37. The molecule has 2 aromatic rings.